The van der Waals surface area contributed by atoms with Crippen LogP contribution in [0, 0.1) is 0 Å². The van der Waals surface area contributed by atoms with Crippen LogP contribution in [0.2, 0.25) is 0 Å². The molecule has 0 unspecified atom stereocenters. The Hall–Kier alpha value is -1.35. The summed E-state index contributed by atoms with van der Waals surface area (Å²) in [5, 5.41) is 3.43. The average molecular weight is 326 g/mol. The van der Waals surface area contributed by atoms with Gasteiger partial charge >= 0.3 is 0 Å². The molecule has 1 aliphatic carbocycles. The van der Waals surface area contributed by atoms with Crippen LogP contribution in [0.3, 0.4) is 0 Å². The molecule has 1 amide bonds. The number of hydrogen-bond acceptors (Lipinski definition) is 2. The highest BCUT2D eigenvalue weighted by atomic mass is 16.1. The Morgan fingerprint density at radius 1 is 1.04 bits per heavy atom. The minimum absolute atomic E-state index is 0.0827. The Bertz CT molecular complexity index is 581. The molecule has 2 saturated heterocycles. The second-order valence-electron chi connectivity index (χ2n) is 8.24. The lowest BCUT2D eigenvalue weighted by Gasteiger charge is -2.41. The lowest BCUT2D eigenvalue weighted by atomic mass is 9.85. The molecule has 1 saturated carbocycles. The molecule has 3 aliphatic rings. The van der Waals surface area contributed by atoms with Gasteiger partial charge in [-0.15, -0.1) is 0 Å². The molecule has 1 N–H and O–H groups in total. The first kappa shape index (κ1) is 16.1. The van der Waals surface area contributed by atoms with Gasteiger partial charge in [0.1, 0.15) is 0 Å². The van der Waals surface area contributed by atoms with Gasteiger partial charge in [0.15, 0.2) is 0 Å². The van der Waals surface area contributed by atoms with Crippen LogP contribution >= 0.6 is 0 Å². The maximum atomic E-state index is 12.3. The minimum atomic E-state index is -0.0827. The van der Waals surface area contributed by atoms with E-state index in [0.717, 1.165) is 12.8 Å². The van der Waals surface area contributed by atoms with Crippen LogP contribution in [0.5, 0.6) is 0 Å². The molecule has 1 aromatic rings. The summed E-state index contributed by atoms with van der Waals surface area (Å²) in [6.07, 6.45) is 10.5. The molecule has 0 spiro atoms. The van der Waals surface area contributed by atoms with E-state index < -0.39 is 0 Å². The zero-order chi connectivity index (χ0) is 16.6. The molecule has 0 aromatic heterocycles. The first-order valence-electron chi connectivity index (χ1n) is 9.81. The quantitative estimate of drug-likeness (QED) is 0.883. The van der Waals surface area contributed by atoms with Crippen molar-refractivity contribution in [2.24, 2.45) is 0 Å². The molecule has 3 fully saturated rings. The summed E-state index contributed by atoms with van der Waals surface area (Å²) < 4.78 is 0. The predicted octanol–water partition coefficient (Wildman–Crippen LogP) is 4.19. The third-order valence-corrected chi connectivity index (χ3v) is 6.56. The summed E-state index contributed by atoms with van der Waals surface area (Å²) in [5.74, 6) is 0.252. The zero-order valence-electron chi connectivity index (χ0n) is 14.8. The summed E-state index contributed by atoms with van der Waals surface area (Å²) in [5.41, 5.74) is 1.34. The number of benzene rings is 1. The summed E-state index contributed by atoms with van der Waals surface area (Å²) >= 11 is 0. The van der Waals surface area contributed by atoms with Gasteiger partial charge in [-0.25, -0.2) is 0 Å². The number of amides is 1. The fraction of sp³-hybridized carbons (Fsp3) is 0.667. The fourth-order valence-corrected chi connectivity index (χ4v) is 5.47. The molecule has 3 atom stereocenters. The van der Waals surface area contributed by atoms with Gasteiger partial charge in [0.05, 0.1) is 5.54 Å². The first-order valence-corrected chi connectivity index (χ1v) is 9.81. The Morgan fingerprint density at radius 2 is 1.75 bits per heavy atom. The van der Waals surface area contributed by atoms with Gasteiger partial charge in [-0.05, 0) is 44.6 Å². The smallest absolute Gasteiger partial charge is 0.220 e. The van der Waals surface area contributed by atoms with Gasteiger partial charge in [0.25, 0.3) is 0 Å². The predicted molar refractivity (Wildman–Crippen MR) is 96.7 cm³/mol. The molecule has 24 heavy (non-hydrogen) atoms. The maximum Gasteiger partial charge on any atom is 0.220 e. The van der Waals surface area contributed by atoms with E-state index in [4.69, 9.17) is 0 Å². The van der Waals surface area contributed by atoms with Crippen molar-refractivity contribution in [3.8, 4) is 0 Å². The number of carbonyl (C=O) groups excluding carboxylic acids is 1. The van der Waals surface area contributed by atoms with Crippen molar-refractivity contribution in [2.75, 3.05) is 0 Å². The van der Waals surface area contributed by atoms with Crippen molar-refractivity contribution >= 4 is 5.91 Å². The van der Waals surface area contributed by atoms with E-state index in [0.29, 0.717) is 24.5 Å². The monoisotopic (exact) mass is 326 g/mol. The van der Waals surface area contributed by atoms with E-state index in [9.17, 15) is 4.79 Å². The van der Waals surface area contributed by atoms with Crippen LogP contribution < -0.4 is 5.32 Å². The summed E-state index contributed by atoms with van der Waals surface area (Å²) in [6, 6.07) is 12.6. The third-order valence-electron chi connectivity index (χ3n) is 6.56. The van der Waals surface area contributed by atoms with Crippen LogP contribution in [-0.4, -0.2) is 28.4 Å². The maximum absolute atomic E-state index is 12.3. The molecule has 130 valence electrons. The van der Waals surface area contributed by atoms with E-state index in [1.807, 2.05) is 0 Å². The number of nitrogens with one attached hydrogen (secondary N) is 1. The van der Waals surface area contributed by atoms with Crippen LogP contribution in [0.4, 0.5) is 0 Å². The SMILES string of the molecule is C[C@]12C[C@@H](c3ccccc3)N(C3CCCC3)[C@H]1CCCCC(=O)N2. The first-order chi connectivity index (χ1) is 11.7. The van der Waals surface area contributed by atoms with E-state index in [-0.39, 0.29) is 11.4 Å². The van der Waals surface area contributed by atoms with Crippen molar-refractivity contribution in [3.63, 3.8) is 0 Å². The molecular weight excluding hydrogens is 296 g/mol. The number of likely N-dealkylation sites (tertiary alicyclic amines) is 1. The standard InChI is InChI=1S/C21H30N2O/c1-21-15-18(16-9-3-2-4-10-16)23(17-11-5-6-12-17)19(21)13-7-8-14-20(24)22-21/h2-4,9-10,17-19H,5-8,11-15H2,1H3,(H,22,24)/t18-,19-,21-/m0/s1. The van der Waals surface area contributed by atoms with Crippen LogP contribution in [0.25, 0.3) is 0 Å². The molecule has 3 heteroatoms. The molecule has 1 aromatic carbocycles. The lowest BCUT2D eigenvalue weighted by Crippen LogP contribution is -2.56. The summed E-state index contributed by atoms with van der Waals surface area (Å²) in [6.45, 7) is 2.30. The molecule has 0 bridgehead atoms. The Balaban J connectivity index is 1.71. The van der Waals surface area contributed by atoms with Crippen LogP contribution in [0.1, 0.15) is 76.3 Å². The van der Waals surface area contributed by atoms with Gasteiger partial charge < -0.3 is 5.32 Å². The Kier molecular flexibility index (Phi) is 4.38. The van der Waals surface area contributed by atoms with Gasteiger partial charge in [0.2, 0.25) is 5.91 Å². The molecular formula is C21H30N2O. The summed E-state index contributed by atoms with van der Waals surface area (Å²) in [4.78, 5) is 15.1. The number of hydrogen-bond donors (Lipinski definition) is 1. The molecule has 2 aliphatic heterocycles. The van der Waals surface area contributed by atoms with Gasteiger partial charge in [-0.2, -0.15) is 0 Å². The van der Waals surface area contributed by atoms with Crippen molar-refractivity contribution in [2.45, 2.75) is 88.4 Å². The Morgan fingerprint density at radius 3 is 2.50 bits per heavy atom. The van der Waals surface area contributed by atoms with E-state index in [1.54, 1.807) is 0 Å². The van der Waals surface area contributed by atoms with E-state index in [2.05, 4.69) is 47.5 Å². The third kappa shape index (κ3) is 2.88. The van der Waals surface area contributed by atoms with E-state index in [1.165, 1.54) is 44.1 Å². The van der Waals surface area contributed by atoms with Gasteiger partial charge in [0, 0.05) is 24.5 Å². The second kappa shape index (κ2) is 6.51. The molecule has 4 rings (SSSR count). The zero-order valence-corrected chi connectivity index (χ0v) is 14.8. The van der Waals surface area contributed by atoms with Crippen LogP contribution in [0.15, 0.2) is 30.3 Å². The topological polar surface area (TPSA) is 32.3 Å². The number of rotatable bonds is 2. The van der Waals surface area contributed by atoms with E-state index >= 15 is 0 Å². The van der Waals surface area contributed by atoms with Gasteiger partial charge in [-0.1, -0.05) is 49.6 Å². The Labute approximate surface area is 145 Å². The minimum Gasteiger partial charge on any atom is -0.349 e. The van der Waals surface area contributed by atoms with Crippen LogP contribution in [-0.2, 0) is 4.79 Å². The number of nitrogens with zero attached hydrogens (tertiary/aromatic N) is 1. The number of fused-ring (bicyclic) bond motifs is 1. The largest absolute Gasteiger partial charge is 0.349 e. The van der Waals surface area contributed by atoms with Crippen molar-refractivity contribution in [3.05, 3.63) is 35.9 Å². The van der Waals surface area contributed by atoms with Crippen molar-refractivity contribution in [1.82, 2.24) is 10.2 Å². The van der Waals surface area contributed by atoms with Gasteiger partial charge in [-0.3, -0.25) is 9.69 Å². The molecule has 0 radical (unpaired) electrons. The second-order valence-corrected chi connectivity index (χ2v) is 8.24. The highest BCUT2D eigenvalue weighted by Crippen LogP contribution is 2.48. The highest BCUT2D eigenvalue weighted by Gasteiger charge is 2.52. The molecule has 3 nitrogen and oxygen atoms in total. The average Bonchev–Trinajstić information content (AvgIpc) is 3.17. The highest BCUT2D eigenvalue weighted by molar-refractivity contribution is 5.77. The van der Waals surface area contributed by atoms with Crippen molar-refractivity contribution < 1.29 is 4.79 Å². The molecule has 2 heterocycles. The van der Waals surface area contributed by atoms with Crippen molar-refractivity contribution in [1.29, 1.82) is 0 Å². The fourth-order valence-electron chi connectivity index (χ4n) is 5.47. The summed E-state index contributed by atoms with van der Waals surface area (Å²) in [7, 11) is 0. The lowest BCUT2D eigenvalue weighted by molar-refractivity contribution is -0.123. The normalized spacial score (nSPS) is 35.3. The number of carbonyl (C=O) groups is 1.